The molecular weight excluding hydrogens is 418 g/mol. The summed E-state index contributed by atoms with van der Waals surface area (Å²) < 4.78 is 7.90. The van der Waals surface area contributed by atoms with Crippen molar-refractivity contribution in [2.75, 3.05) is 0 Å². The van der Waals surface area contributed by atoms with E-state index >= 15 is 0 Å². The minimum atomic E-state index is -0.219. The Morgan fingerprint density at radius 1 is 1.16 bits per heavy atom. The van der Waals surface area contributed by atoms with Crippen LogP contribution in [0, 0.1) is 13.8 Å². The third-order valence-electron chi connectivity index (χ3n) is 6.10. The second-order valence-corrected chi connectivity index (χ2v) is 9.59. The zero-order chi connectivity index (χ0) is 22.2. The fourth-order valence-corrected chi connectivity index (χ4v) is 5.69. The molecule has 164 valence electrons. The van der Waals surface area contributed by atoms with Gasteiger partial charge in [0.2, 0.25) is 0 Å². The minimum absolute atomic E-state index is 0.219. The van der Waals surface area contributed by atoms with Gasteiger partial charge in [0.1, 0.15) is 17.4 Å². The van der Waals surface area contributed by atoms with Crippen LogP contribution in [-0.2, 0) is 41.9 Å². The van der Waals surface area contributed by atoms with Crippen molar-refractivity contribution in [3.8, 4) is 10.6 Å². The van der Waals surface area contributed by atoms with Gasteiger partial charge in [0.15, 0.2) is 0 Å². The molecule has 0 bridgehead atoms. The van der Waals surface area contributed by atoms with Crippen LogP contribution in [0.5, 0.6) is 0 Å². The molecule has 0 aliphatic carbocycles. The average molecular weight is 446 g/mol. The Bertz CT molecular complexity index is 1320. The summed E-state index contributed by atoms with van der Waals surface area (Å²) in [5.74, 6) is 0.939. The Labute approximate surface area is 192 Å². The molecule has 0 saturated carbocycles. The predicted octanol–water partition coefficient (Wildman–Crippen LogP) is 5.57. The highest BCUT2D eigenvalue weighted by Crippen LogP contribution is 2.32. The molecule has 0 radical (unpaired) electrons. The standard InChI is InChI=1S/C26H27N3O2S/c1-4-20-23(32-26(28-20)19-9-7-16(2)12-17(19)3)14-25(30)31-15-18-8-10-22-21(13-18)27-24-6-5-11-29(22)24/h7-10,12-13H,4-6,11,14-15H2,1-3H3. The van der Waals surface area contributed by atoms with Crippen LogP contribution in [0.15, 0.2) is 36.4 Å². The number of esters is 1. The number of carbonyl (C=O) groups is 1. The zero-order valence-electron chi connectivity index (χ0n) is 18.8. The summed E-state index contributed by atoms with van der Waals surface area (Å²) >= 11 is 1.60. The SMILES string of the molecule is CCc1nc(-c2ccc(C)cc2C)sc1CC(=O)OCc1ccc2c(c1)nc1n2CCC1. The van der Waals surface area contributed by atoms with Gasteiger partial charge >= 0.3 is 5.97 Å². The monoisotopic (exact) mass is 445 g/mol. The Morgan fingerprint density at radius 3 is 2.84 bits per heavy atom. The molecule has 0 spiro atoms. The van der Waals surface area contributed by atoms with Gasteiger partial charge in [-0.2, -0.15) is 0 Å². The van der Waals surface area contributed by atoms with E-state index in [0.29, 0.717) is 0 Å². The molecule has 0 amide bonds. The molecule has 1 aliphatic rings. The lowest BCUT2D eigenvalue weighted by molar-refractivity contribution is -0.144. The van der Waals surface area contributed by atoms with Crippen LogP contribution in [-0.4, -0.2) is 20.5 Å². The molecule has 0 unspecified atom stereocenters. The van der Waals surface area contributed by atoms with E-state index in [1.54, 1.807) is 11.3 Å². The molecule has 6 heteroatoms. The molecular formula is C26H27N3O2S. The first-order valence-corrected chi connectivity index (χ1v) is 12.0. The largest absolute Gasteiger partial charge is 0.461 e. The first-order valence-electron chi connectivity index (χ1n) is 11.2. The number of hydrogen-bond acceptors (Lipinski definition) is 5. The average Bonchev–Trinajstić information content (AvgIpc) is 3.46. The van der Waals surface area contributed by atoms with Gasteiger partial charge in [0.25, 0.3) is 0 Å². The molecule has 0 fully saturated rings. The first kappa shape index (κ1) is 20.9. The lowest BCUT2D eigenvalue weighted by atomic mass is 10.1. The molecule has 5 rings (SSSR count). The van der Waals surface area contributed by atoms with Gasteiger partial charge in [0.05, 0.1) is 23.1 Å². The van der Waals surface area contributed by atoms with Crippen molar-refractivity contribution < 1.29 is 9.53 Å². The molecule has 0 atom stereocenters. The van der Waals surface area contributed by atoms with Gasteiger partial charge in [-0.05, 0) is 49.9 Å². The van der Waals surface area contributed by atoms with E-state index in [2.05, 4.69) is 49.6 Å². The van der Waals surface area contributed by atoms with E-state index < -0.39 is 0 Å². The Kier molecular flexibility index (Phi) is 5.55. The maximum Gasteiger partial charge on any atom is 0.311 e. The summed E-state index contributed by atoms with van der Waals surface area (Å²) in [7, 11) is 0. The number of benzene rings is 2. The van der Waals surface area contributed by atoms with Crippen molar-refractivity contribution in [2.24, 2.45) is 0 Å². The number of fused-ring (bicyclic) bond motifs is 3. The number of rotatable bonds is 6. The van der Waals surface area contributed by atoms with Crippen molar-refractivity contribution in [3.63, 3.8) is 0 Å². The van der Waals surface area contributed by atoms with Crippen LogP contribution in [0.3, 0.4) is 0 Å². The molecule has 2 aromatic carbocycles. The highest BCUT2D eigenvalue weighted by molar-refractivity contribution is 7.15. The Balaban J connectivity index is 1.28. The van der Waals surface area contributed by atoms with Gasteiger partial charge in [-0.25, -0.2) is 9.97 Å². The zero-order valence-corrected chi connectivity index (χ0v) is 19.6. The predicted molar refractivity (Wildman–Crippen MR) is 128 cm³/mol. The first-order chi connectivity index (χ1) is 15.5. The van der Waals surface area contributed by atoms with Crippen molar-refractivity contribution >= 4 is 28.3 Å². The van der Waals surface area contributed by atoms with E-state index in [1.807, 2.05) is 12.1 Å². The molecule has 5 nitrogen and oxygen atoms in total. The molecule has 0 saturated heterocycles. The van der Waals surface area contributed by atoms with Crippen molar-refractivity contribution in [3.05, 3.63) is 69.5 Å². The maximum atomic E-state index is 12.6. The molecule has 2 aromatic heterocycles. The van der Waals surface area contributed by atoms with Crippen LogP contribution >= 0.6 is 11.3 Å². The number of aryl methyl sites for hydroxylation is 5. The molecule has 0 N–H and O–H groups in total. The number of aromatic nitrogens is 3. The summed E-state index contributed by atoms with van der Waals surface area (Å²) in [5, 5.41) is 0.973. The van der Waals surface area contributed by atoms with Crippen LogP contribution in [0.1, 0.15) is 46.4 Å². The number of thiazole rings is 1. The van der Waals surface area contributed by atoms with E-state index in [-0.39, 0.29) is 19.0 Å². The number of hydrogen-bond donors (Lipinski definition) is 0. The number of imidazole rings is 1. The van der Waals surface area contributed by atoms with Crippen LogP contribution in [0.2, 0.25) is 0 Å². The van der Waals surface area contributed by atoms with E-state index in [1.165, 1.54) is 23.1 Å². The van der Waals surface area contributed by atoms with Crippen LogP contribution in [0.25, 0.3) is 21.6 Å². The van der Waals surface area contributed by atoms with Gasteiger partial charge in [0, 0.05) is 23.4 Å². The maximum absolute atomic E-state index is 12.6. The topological polar surface area (TPSA) is 57.0 Å². The van der Waals surface area contributed by atoms with Crippen molar-refractivity contribution in [1.29, 1.82) is 0 Å². The Morgan fingerprint density at radius 2 is 2.03 bits per heavy atom. The summed E-state index contributed by atoms with van der Waals surface area (Å²) in [6.45, 7) is 7.58. The van der Waals surface area contributed by atoms with Gasteiger partial charge in [-0.3, -0.25) is 4.79 Å². The van der Waals surface area contributed by atoms with E-state index in [9.17, 15) is 4.79 Å². The third kappa shape index (κ3) is 3.95. The summed E-state index contributed by atoms with van der Waals surface area (Å²) in [6.07, 6.45) is 3.26. The quantitative estimate of drug-likeness (QED) is 0.364. The normalized spacial score (nSPS) is 13.0. The second kappa shape index (κ2) is 8.51. The van der Waals surface area contributed by atoms with E-state index in [0.717, 1.165) is 57.4 Å². The second-order valence-electron chi connectivity index (χ2n) is 8.50. The molecule has 1 aliphatic heterocycles. The van der Waals surface area contributed by atoms with Gasteiger partial charge < -0.3 is 9.30 Å². The number of nitrogens with zero attached hydrogens (tertiary/aromatic N) is 3. The lowest BCUT2D eigenvalue weighted by Gasteiger charge is -2.06. The Hall–Kier alpha value is -2.99. The summed E-state index contributed by atoms with van der Waals surface area (Å²) in [6, 6.07) is 12.6. The lowest BCUT2D eigenvalue weighted by Crippen LogP contribution is -2.08. The van der Waals surface area contributed by atoms with Crippen LogP contribution in [0.4, 0.5) is 0 Å². The third-order valence-corrected chi connectivity index (χ3v) is 7.23. The van der Waals surface area contributed by atoms with Crippen molar-refractivity contribution in [1.82, 2.24) is 14.5 Å². The fourth-order valence-electron chi connectivity index (χ4n) is 4.46. The fraction of sp³-hybridized carbons (Fsp3) is 0.346. The highest BCUT2D eigenvalue weighted by Gasteiger charge is 2.18. The molecule has 4 aromatic rings. The highest BCUT2D eigenvalue weighted by atomic mass is 32.1. The number of carbonyl (C=O) groups excluding carboxylic acids is 1. The van der Waals surface area contributed by atoms with Crippen LogP contribution < -0.4 is 0 Å². The summed E-state index contributed by atoms with van der Waals surface area (Å²) in [5.41, 5.74) is 7.69. The van der Waals surface area contributed by atoms with E-state index in [4.69, 9.17) is 14.7 Å². The molecule has 3 heterocycles. The molecule has 32 heavy (non-hydrogen) atoms. The number of ether oxygens (including phenoxy) is 1. The van der Waals surface area contributed by atoms with Gasteiger partial charge in [-0.1, -0.05) is 36.8 Å². The van der Waals surface area contributed by atoms with Crippen molar-refractivity contribution in [2.45, 2.75) is 59.6 Å². The minimum Gasteiger partial charge on any atom is -0.461 e. The van der Waals surface area contributed by atoms with Gasteiger partial charge in [-0.15, -0.1) is 11.3 Å². The summed E-state index contributed by atoms with van der Waals surface area (Å²) in [4.78, 5) is 23.2. The smallest absolute Gasteiger partial charge is 0.311 e.